The van der Waals surface area contributed by atoms with E-state index in [0.29, 0.717) is 0 Å². The Morgan fingerprint density at radius 3 is 2.89 bits per heavy atom. The van der Waals surface area contributed by atoms with E-state index in [1.165, 1.54) is 11.1 Å². The summed E-state index contributed by atoms with van der Waals surface area (Å²) in [6.07, 6.45) is 1.10. The predicted molar refractivity (Wildman–Crippen MR) is 79.4 cm³/mol. The fourth-order valence-electron chi connectivity index (χ4n) is 1.48. The molecule has 0 saturated heterocycles. The zero-order valence-electron chi connectivity index (χ0n) is 10.6. The van der Waals surface area contributed by atoms with Gasteiger partial charge in [-0.15, -0.1) is 10.2 Å². The van der Waals surface area contributed by atoms with Crippen LogP contribution in [-0.4, -0.2) is 16.7 Å². The molecular formula is C13H17N3S2. The van der Waals surface area contributed by atoms with Crippen molar-refractivity contribution in [2.24, 2.45) is 0 Å². The van der Waals surface area contributed by atoms with E-state index in [2.05, 4.69) is 53.6 Å². The third-order valence-electron chi connectivity index (χ3n) is 2.55. The number of nitrogens with zero attached hydrogens (tertiary/aromatic N) is 2. The second kappa shape index (κ2) is 6.75. The van der Waals surface area contributed by atoms with Crippen molar-refractivity contribution in [2.45, 2.75) is 30.4 Å². The van der Waals surface area contributed by atoms with E-state index in [4.69, 9.17) is 0 Å². The maximum Gasteiger partial charge on any atom is 0.206 e. The standard InChI is InChI=1S/C13H17N3S2/c1-3-8-14-12-15-16-13(18-12)17-9-11-7-5-4-6-10(11)2/h4-7H,3,8-9H2,1-2H3,(H,14,15). The van der Waals surface area contributed by atoms with Gasteiger partial charge in [-0.3, -0.25) is 0 Å². The molecule has 5 heteroatoms. The molecule has 2 rings (SSSR count). The molecule has 0 fully saturated rings. The zero-order chi connectivity index (χ0) is 12.8. The summed E-state index contributed by atoms with van der Waals surface area (Å²) in [5.74, 6) is 0.953. The van der Waals surface area contributed by atoms with Gasteiger partial charge in [0.25, 0.3) is 0 Å². The van der Waals surface area contributed by atoms with E-state index >= 15 is 0 Å². The Hall–Kier alpha value is -1.07. The summed E-state index contributed by atoms with van der Waals surface area (Å²) in [7, 11) is 0. The van der Waals surface area contributed by atoms with Crippen LogP contribution in [0.3, 0.4) is 0 Å². The highest BCUT2D eigenvalue weighted by molar-refractivity contribution is 8.00. The van der Waals surface area contributed by atoms with Crippen molar-refractivity contribution in [1.82, 2.24) is 10.2 Å². The molecule has 18 heavy (non-hydrogen) atoms. The fraction of sp³-hybridized carbons (Fsp3) is 0.385. The van der Waals surface area contributed by atoms with Crippen LogP contribution in [0.1, 0.15) is 24.5 Å². The van der Waals surface area contributed by atoms with Crippen molar-refractivity contribution in [3.63, 3.8) is 0 Å². The number of aryl methyl sites for hydroxylation is 1. The minimum Gasteiger partial charge on any atom is -0.360 e. The summed E-state index contributed by atoms with van der Waals surface area (Å²) < 4.78 is 1.02. The van der Waals surface area contributed by atoms with Gasteiger partial charge < -0.3 is 5.32 Å². The quantitative estimate of drug-likeness (QED) is 0.812. The number of thioether (sulfide) groups is 1. The minimum absolute atomic E-state index is 0.920. The number of nitrogens with one attached hydrogen (secondary N) is 1. The zero-order valence-corrected chi connectivity index (χ0v) is 12.3. The van der Waals surface area contributed by atoms with Crippen LogP contribution in [0.5, 0.6) is 0 Å². The van der Waals surface area contributed by atoms with Gasteiger partial charge in [0.2, 0.25) is 5.13 Å². The van der Waals surface area contributed by atoms with Crippen molar-refractivity contribution in [3.05, 3.63) is 35.4 Å². The first kappa shape index (κ1) is 13.4. The van der Waals surface area contributed by atoms with E-state index in [1.807, 2.05) is 0 Å². The largest absolute Gasteiger partial charge is 0.360 e. The lowest BCUT2D eigenvalue weighted by Gasteiger charge is -2.02. The van der Waals surface area contributed by atoms with Crippen LogP contribution < -0.4 is 5.32 Å². The predicted octanol–water partition coefficient (Wildman–Crippen LogP) is 3.96. The van der Waals surface area contributed by atoms with Crippen molar-refractivity contribution in [3.8, 4) is 0 Å². The Bertz CT molecular complexity index is 496. The molecule has 0 unspecified atom stereocenters. The summed E-state index contributed by atoms with van der Waals surface area (Å²) in [5.41, 5.74) is 2.69. The topological polar surface area (TPSA) is 37.8 Å². The molecule has 1 aromatic heterocycles. The van der Waals surface area contributed by atoms with E-state index in [0.717, 1.165) is 28.2 Å². The Morgan fingerprint density at radius 2 is 2.11 bits per heavy atom. The SMILES string of the molecule is CCCNc1nnc(SCc2ccccc2C)s1. The lowest BCUT2D eigenvalue weighted by molar-refractivity contribution is 0.951. The molecule has 96 valence electrons. The third kappa shape index (κ3) is 3.71. The average molecular weight is 279 g/mol. The summed E-state index contributed by atoms with van der Waals surface area (Å²) in [6.45, 7) is 5.24. The molecule has 1 N–H and O–H groups in total. The highest BCUT2D eigenvalue weighted by Gasteiger charge is 2.05. The van der Waals surface area contributed by atoms with Gasteiger partial charge in [-0.25, -0.2) is 0 Å². The van der Waals surface area contributed by atoms with E-state index in [-0.39, 0.29) is 0 Å². The molecule has 0 aliphatic heterocycles. The molecule has 1 heterocycles. The smallest absolute Gasteiger partial charge is 0.206 e. The van der Waals surface area contributed by atoms with Crippen LogP contribution >= 0.6 is 23.1 Å². The lowest BCUT2D eigenvalue weighted by atomic mass is 10.1. The molecule has 0 radical (unpaired) electrons. The normalized spacial score (nSPS) is 10.6. The van der Waals surface area contributed by atoms with Gasteiger partial charge in [-0.1, -0.05) is 54.3 Å². The van der Waals surface area contributed by atoms with Crippen molar-refractivity contribution >= 4 is 28.2 Å². The summed E-state index contributed by atoms with van der Waals surface area (Å²) in [5, 5.41) is 12.5. The molecule has 0 amide bonds. The molecule has 0 saturated carbocycles. The van der Waals surface area contributed by atoms with Crippen LogP contribution in [0.4, 0.5) is 5.13 Å². The van der Waals surface area contributed by atoms with E-state index < -0.39 is 0 Å². The summed E-state index contributed by atoms with van der Waals surface area (Å²) in [4.78, 5) is 0. The molecule has 0 atom stereocenters. The Balaban J connectivity index is 1.90. The van der Waals surface area contributed by atoms with Crippen LogP contribution in [-0.2, 0) is 5.75 Å². The average Bonchev–Trinajstić information content (AvgIpc) is 2.83. The minimum atomic E-state index is 0.920. The number of aromatic nitrogens is 2. The number of benzene rings is 1. The molecular weight excluding hydrogens is 262 g/mol. The Labute approximate surface area is 116 Å². The first-order chi connectivity index (χ1) is 8.79. The Morgan fingerprint density at radius 1 is 1.28 bits per heavy atom. The van der Waals surface area contributed by atoms with Crippen LogP contribution in [0, 0.1) is 6.92 Å². The number of hydrogen-bond acceptors (Lipinski definition) is 5. The van der Waals surface area contributed by atoms with Crippen molar-refractivity contribution in [2.75, 3.05) is 11.9 Å². The molecule has 3 nitrogen and oxygen atoms in total. The monoisotopic (exact) mass is 279 g/mol. The Kier molecular flexibility index (Phi) is 5.01. The first-order valence-electron chi connectivity index (χ1n) is 6.04. The van der Waals surface area contributed by atoms with Gasteiger partial charge in [-0.05, 0) is 24.5 Å². The second-order valence-electron chi connectivity index (χ2n) is 4.02. The van der Waals surface area contributed by atoms with Gasteiger partial charge in [0.1, 0.15) is 0 Å². The lowest BCUT2D eigenvalue weighted by Crippen LogP contribution is -1.98. The first-order valence-corrected chi connectivity index (χ1v) is 7.84. The van der Waals surface area contributed by atoms with Crippen LogP contribution in [0.15, 0.2) is 28.6 Å². The molecule has 0 spiro atoms. The molecule has 0 aliphatic rings. The van der Waals surface area contributed by atoms with Gasteiger partial charge in [-0.2, -0.15) is 0 Å². The van der Waals surface area contributed by atoms with Gasteiger partial charge >= 0.3 is 0 Å². The summed E-state index contributed by atoms with van der Waals surface area (Å²) in [6, 6.07) is 8.46. The van der Waals surface area contributed by atoms with E-state index in [9.17, 15) is 0 Å². The second-order valence-corrected chi connectivity index (χ2v) is 6.22. The van der Waals surface area contributed by atoms with Gasteiger partial charge in [0.15, 0.2) is 4.34 Å². The van der Waals surface area contributed by atoms with Crippen LogP contribution in [0.2, 0.25) is 0 Å². The van der Waals surface area contributed by atoms with Crippen LogP contribution in [0.25, 0.3) is 0 Å². The fourth-order valence-corrected chi connectivity index (χ4v) is 3.34. The highest BCUT2D eigenvalue weighted by Crippen LogP contribution is 2.28. The number of rotatable bonds is 6. The number of anilines is 1. The molecule has 0 bridgehead atoms. The molecule has 1 aromatic carbocycles. The molecule has 2 aromatic rings. The molecule has 0 aliphatic carbocycles. The number of hydrogen-bond donors (Lipinski definition) is 1. The maximum absolute atomic E-state index is 4.18. The highest BCUT2D eigenvalue weighted by atomic mass is 32.2. The maximum atomic E-state index is 4.18. The van der Waals surface area contributed by atoms with E-state index in [1.54, 1.807) is 23.1 Å². The van der Waals surface area contributed by atoms with Gasteiger partial charge in [0, 0.05) is 12.3 Å². The summed E-state index contributed by atoms with van der Waals surface area (Å²) >= 11 is 3.37. The van der Waals surface area contributed by atoms with Crippen molar-refractivity contribution in [1.29, 1.82) is 0 Å². The van der Waals surface area contributed by atoms with Crippen molar-refractivity contribution < 1.29 is 0 Å². The third-order valence-corrected chi connectivity index (χ3v) is 4.61. The van der Waals surface area contributed by atoms with Gasteiger partial charge in [0.05, 0.1) is 0 Å².